The summed E-state index contributed by atoms with van der Waals surface area (Å²) in [6, 6.07) is 4.40. The summed E-state index contributed by atoms with van der Waals surface area (Å²) in [4.78, 5) is 0. The van der Waals surface area contributed by atoms with Crippen LogP contribution in [0.25, 0.3) is 0 Å². The molecule has 0 saturated carbocycles. The molecule has 1 N–H and O–H groups in total. The summed E-state index contributed by atoms with van der Waals surface area (Å²) < 4.78 is 16.0. The van der Waals surface area contributed by atoms with Gasteiger partial charge in [-0.1, -0.05) is 34.5 Å². The fourth-order valence-corrected chi connectivity index (χ4v) is 2.79. The van der Waals surface area contributed by atoms with Crippen LogP contribution in [0.15, 0.2) is 28.9 Å². The summed E-state index contributed by atoms with van der Waals surface area (Å²) in [5, 5.41) is 8.00. The molecule has 1 atom stereocenters. The molecule has 102 valence electrons. The second-order valence-electron chi connectivity index (χ2n) is 4.16. The van der Waals surface area contributed by atoms with E-state index in [4.69, 9.17) is 11.6 Å². The normalized spacial score (nSPS) is 12.7. The number of benzene rings is 1. The number of rotatable bonds is 4. The first-order valence-electron chi connectivity index (χ1n) is 5.90. The van der Waals surface area contributed by atoms with Gasteiger partial charge in [-0.15, -0.1) is 0 Å². The third kappa shape index (κ3) is 2.99. The van der Waals surface area contributed by atoms with E-state index in [1.807, 2.05) is 14.0 Å². The van der Waals surface area contributed by atoms with Crippen molar-refractivity contribution in [2.45, 2.75) is 13.0 Å². The minimum atomic E-state index is -0.278. The van der Waals surface area contributed by atoms with E-state index in [-0.39, 0.29) is 11.9 Å². The minimum absolute atomic E-state index is 0.213. The zero-order chi connectivity index (χ0) is 14.0. The minimum Gasteiger partial charge on any atom is -0.305 e. The number of nitrogens with one attached hydrogen (secondary N) is 1. The largest absolute Gasteiger partial charge is 0.305 e. The zero-order valence-electron chi connectivity index (χ0n) is 10.6. The highest BCUT2D eigenvalue weighted by molar-refractivity contribution is 9.10. The molecule has 1 heterocycles. The maximum atomic E-state index is 13.5. The molecule has 0 saturated heterocycles. The lowest BCUT2D eigenvalue weighted by atomic mass is 10.0. The van der Waals surface area contributed by atoms with Gasteiger partial charge in [-0.05, 0) is 30.3 Å². The lowest BCUT2D eigenvalue weighted by Gasteiger charge is -2.20. The molecule has 1 aromatic heterocycles. The highest BCUT2D eigenvalue weighted by Crippen LogP contribution is 2.32. The van der Waals surface area contributed by atoms with Crippen molar-refractivity contribution >= 4 is 27.5 Å². The van der Waals surface area contributed by atoms with Gasteiger partial charge in [-0.2, -0.15) is 5.10 Å². The van der Waals surface area contributed by atoms with Crippen molar-refractivity contribution in [1.82, 2.24) is 15.1 Å². The van der Waals surface area contributed by atoms with Gasteiger partial charge in [0.1, 0.15) is 5.82 Å². The standard InChI is InChI=1S/C13H14BrClFN3/c1-3-17-12(13-11(15)7-18-19(13)2)9-6-8(16)4-5-10(9)14/h4-7,12,17H,3H2,1-2H3. The van der Waals surface area contributed by atoms with Gasteiger partial charge in [0.15, 0.2) is 0 Å². The highest BCUT2D eigenvalue weighted by Gasteiger charge is 2.22. The van der Waals surface area contributed by atoms with E-state index >= 15 is 0 Å². The summed E-state index contributed by atoms with van der Waals surface area (Å²) in [7, 11) is 1.82. The predicted molar refractivity (Wildman–Crippen MR) is 77.8 cm³/mol. The van der Waals surface area contributed by atoms with Crippen molar-refractivity contribution in [3.05, 3.63) is 51.0 Å². The van der Waals surface area contributed by atoms with Crippen molar-refractivity contribution in [1.29, 1.82) is 0 Å². The molecule has 1 aromatic carbocycles. The lowest BCUT2D eigenvalue weighted by Crippen LogP contribution is -2.25. The third-order valence-corrected chi connectivity index (χ3v) is 3.90. The van der Waals surface area contributed by atoms with Crippen LogP contribution in [0.1, 0.15) is 24.2 Å². The van der Waals surface area contributed by atoms with Gasteiger partial charge in [0.05, 0.1) is 23.0 Å². The van der Waals surface area contributed by atoms with Crippen LogP contribution in [0, 0.1) is 5.82 Å². The molecular weight excluding hydrogens is 333 g/mol. The Morgan fingerprint density at radius 1 is 1.53 bits per heavy atom. The van der Waals surface area contributed by atoms with Crippen LogP contribution in [0.5, 0.6) is 0 Å². The first-order valence-corrected chi connectivity index (χ1v) is 7.07. The second kappa shape index (κ2) is 6.03. The van der Waals surface area contributed by atoms with Crippen molar-refractivity contribution < 1.29 is 4.39 Å². The van der Waals surface area contributed by atoms with E-state index in [2.05, 4.69) is 26.3 Å². The van der Waals surface area contributed by atoms with E-state index in [0.717, 1.165) is 22.3 Å². The van der Waals surface area contributed by atoms with Crippen molar-refractivity contribution in [2.24, 2.45) is 7.05 Å². The summed E-state index contributed by atoms with van der Waals surface area (Å²) in [6.45, 7) is 2.72. The number of hydrogen-bond donors (Lipinski definition) is 1. The molecule has 19 heavy (non-hydrogen) atoms. The lowest BCUT2D eigenvalue weighted by molar-refractivity contribution is 0.563. The number of aromatic nitrogens is 2. The average Bonchev–Trinajstić information content (AvgIpc) is 2.70. The van der Waals surface area contributed by atoms with Crippen LogP contribution in [-0.4, -0.2) is 16.3 Å². The predicted octanol–water partition coefficient (Wildman–Crippen LogP) is 3.67. The first kappa shape index (κ1) is 14.5. The Morgan fingerprint density at radius 3 is 2.84 bits per heavy atom. The molecule has 6 heteroatoms. The monoisotopic (exact) mass is 345 g/mol. The van der Waals surface area contributed by atoms with Gasteiger partial charge in [-0.3, -0.25) is 4.68 Å². The molecule has 0 aliphatic carbocycles. The molecule has 1 unspecified atom stereocenters. The van der Waals surface area contributed by atoms with Crippen molar-refractivity contribution in [3.63, 3.8) is 0 Å². The molecule has 2 aromatic rings. The van der Waals surface area contributed by atoms with Crippen LogP contribution in [0.4, 0.5) is 4.39 Å². The van der Waals surface area contributed by atoms with Crippen LogP contribution < -0.4 is 5.32 Å². The Balaban J connectivity index is 2.54. The SMILES string of the molecule is CCNC(c1cc(F)ccc1Br)c1c(Cl)cnn1C. The Hall–Kier alpha value is -0.910. The highest BCUT2D eigenvalue weighted by atomic mass is 79.9. The summed E-state index contributed by atoms with van der Waals surface area (Å²) in [5.41, 5.74) is 1.61. The van der Waals surface area contributed by atoms with Gasteiger partial charge >= 0.3 is 0 Å². The maximum Gasteiger partial charge on any atom is 0.123 e. The van der Waals surface area contributed by atoms with Crippen LogP contribution in [0.3, 0.4) is 0 Å². The first-order chi connectivity index (χ1) is 9.04. The third-order valence-electron chi connectivity index (χ3n) is 2.89. The van der Waals surface area contributed by atoms with E-state index in [0.29, 0.717) is 5.02 Å². The van der Waals surface area contributed by atoms with E-state index in [1.54, 1.807) is 16.9 Å². The molecule has 0 amide bonds. The summed E-state index contributed by atoms with van der Waals surface area (Å²) >= 11 is 9.64. The molecule has 0 radical (unpaired) electrons. The molecule has 0 spiro atoms. The van der Waals surface area contributed by atoms with Gasteiger partial charge < -0.3 is 5.32 Å². The molecule has 3 nitrogen and oxygen atoms in total. The van der Waals surface area contributed by atoms with Gasteiger partial charge in [0.25, 0.3) is 0 Å². The van der Waals surface area contributed by atoms with E-state index in [1.165, 1.54) is 12.1 Å². The Bertz CT molecular complexity index is 566. The molecule has 0 fully saturated rings. The summed E-state index contributed by atoms with van der Waals surface area (Å²) in [6.07, 6.45) is 1.59. The van der Waals surface area contributed by atoms with Gasteiger partial charge in [0.2, 0.25) is 0 Å². The number of hydrogen-bond acceptors (Lipinski definition) is 2. The zero-order valence-corrected chi connectivity index (χ0v) is 13.0. The number of halogens is 3. The summed E-state index contributed by atoms with van der Waals surface area (Å²) in [5.74, 6) is -0.278. The Kier molecular flexibility index (Phi) is 4.60. The topological polar surface area (TPSA) is 29.9 Å². The molecule has 0 aliphatic rings. The van der Waals surface area contributed by atoms with Crippen molar-refractivity contribution in [2.75, 3.05) is 6.54 Å². The fraction of sp³-hybridized carbons (Fsp3) is 0.308. The molecular formula is C13H14BrClFN3. The van der Waals surface area contributed by atoms with Crippen LogP contribution in [0.2, 0.25) is 5.02 Å². The molecule has 2 rings (SSSR count). The quantitative estimate of drug-likeness (QED) is 0.915. The Morgan fingerprint density at radius 2 is 2.26 bits per heavy atom. The molecule has 0 bridgehead atoms. The van der Waals surface area contributed by atoms with Crippen molar-refractivity contribution in [3.8, 4) is 0 Å². The smallest absolute Gasteiger partial charge is 0.123 e. The Labute approximate surface area is 124 Å². The average molecular weight is 347 g/mol. The molecule has 0 aliphatic heterocycles. The van der Waals surface area contributed by atoms with Crippen LogP contribution in [-0.2, 0) is 7.05 Å². The van der Waals surface area contributed by atoms with Crippen LogP contribution >= 0.6 is 27.5 Å². The maximum absolute atomic E-state index is 13.5. The van der Waals surface area contributed by atoms with Gasteiger partial charge in [-0.25, -0.2) is 4.39 Å². The fourth-order valence-electron chi connectivity index (χ4n) is 2.04. The number of aryl methyl sites for hydroxylation is 1. The number of nitrogens with zero attached hydrogens (tertiary/aromatic N) is 2. The second-order valence-corrected chi connectivity index (χ2v) is 5.42. The van der Waals surface area contributed by atoms with Gasteiger partial charge in [0, 0.05) is 11.5 Å². The van der Waals surface area contributed by atoms with E-state index < -0.39 is 0 Å². The van der Waals surface area contributed by atoms with E-state index in [9.17, 15) is 4.39 Å².